The number of aryl methyl sites for hydroxylation is 1. The number of aromatic nitrogens is 1. The molecular weight excluding hydrogens is 300 g/mol. The molecule has 0 radical (unpaired) electrons. The minimum atomic E-state index is -0.319. The minimum Gasteiger partial charge on any atom is -0.271 e. The number of nitrogens with two attached hydrogens (primary N) is 1. The molecular formula is C14H14Cl2FN3. The lowest BCUT2D eigenvalue weighted by Gasteiger charge is -2.18. The molecule has 0 saturated carbocycles. The summed E-state index contributed by atoms with van der Waals surface area (Å²) in [7, 11) is 0. The third-order valence-corrected chi connectivity index (χ3v) is 3.61. The normalized spacial score (nSPS) is 12.4. The molecule has 0 amide bonds. The Morgan fingerprint density at radius 1 is 1.35 bits per heavy atom. The van der Waals surface area contributed by atoms with Gasteiger partial charge in [-0.2, -0.15) is 0 Å². The van der Waals surface area contributed by atoms with E-state index < -0.39 is 0 Å². The molecule has 1 aromatic heterocycles. The molecule has 3 N–H and O–H groups in total. The highest BCUT2D eigenvalue weighted by atomic mass is 35.5. The Hall–Kier alpha value is -1.20. The molecule has 0 saturated heterocycles. The van der Waals surface area contributed by atoms with Gasteiger partial charge >= 0.3 is 0 Å². The Morgan fingerprint density at radius 3 is 2.75 bits per heavy atom. The number of nitrogens with one attached hydrogen (secondary N) is 1. The SMILES string of the molecule is Cc1ccc(F)cc1CC(NN)c1ncc(Cl)cc1Cl. The van der Waals surface area contributed by atoms with Crippen molar-refractivity contribution in [3.8, 4) is 0 Å². The zero-order chi connectivity index (χ0) is 14.7. The highest BCUT2D eigenvalue weighted by Gasteiger charge is 2.17. The van der Waals surface area contributed by atoms with Crippen molar-refractivity contribution in [1.29, 1.82) is 0 Å². The molecule has 0 bridgehead atoms. The van der Waals surface area contributed by atoms with Gasteiger partial charge in [-0.3, -0.25) is 16.3 Å². The van der Waals surface area contributed by atoms with E-state index in [2.05, 4.69) is 10.4 Å². The summed E-state index contributed by atoms with van der Waals surface area (Å²) in [5.41, 5.74) is 5.08. The quantitative estimate of drug-likeness (QED) is 0.670. The van der Waals surface area contributed by atoms with Crippen molar-refractivity contribution in [2.45, 2.75) is 19.4 Å². The molecule has 0 spiro atoms. The van der Waals surface area contributed by atoms with Gasteiger partial charge in [0.25, 0.3) is 0 Å². The van der Waals surface area contributed by atoms with Crippen molar-refractivity contribution in [3.63, 3.8) is 0 Å². The van der Waals surface area contributed by atoms with Crippen LogP contribution in [0.1, 0.15) is 22.9 Å². The first-order valence-electron chi connectivity index (χ1n) is 6.03. The molecule has 1 aromatic carbocycles. The molecule has 1 unspecified atom stereocenters. The zero-order valence-electron chi connectivity index (χ0n) is 10.8. The molecule has 1 atom stereocenters. The van der Waals surface area contributed by atoms with Gasteiger partial charge in [-0.25, -0.2) is 4.39 Å². The second-order valence-corrected chi connectivity index (χ2v) is 5.36. The summed E-state index contributed by atoms with van der Waals surface area (Å²) in [5.74, 6) is 5.29. The van der Waals surface area contributed by atoms with Crippen LogP contribution in [0.3, 0.4) is 0 Å². The molecule has 0 aliphatic heterocycles. The maximum absolute atomic E-state index is 13.3. The fourth-order valence-corrected chi connectivity index (χ4v) is 2.51. The molecule has 0 fully saturated rings. The van der Waals surface area contributed by atoms with Crippen LogP contribution in [0.2, 0.25) is 10.0 Å². The maximum atomic E-state index is 13.3. The lowest BCUT2D eigenvalue weighted by molar-refractivity contribution is 0.534. The van der Waals surface area contributed by atoms with E-state index >= 15 is 0 Å². The highest BCUT2D eigenvalue weighted by molar-refractivity contribution is 6.34. The van der Waals surface area contributed by atoms with Gasteiger partial charge in [0.2, 0.25) is 0 Å². The maximum Gasteiger partial charge on any atom is 0.123 e. The van der Waals surface area contributed by atoms with E-state index in [1.54, 1.807) is 12.1 Å². The number of benzene rings is 1. The third kappa shape index (κ3) is 3.46. The molecule has 3 nitrogen and oxygen atoms in total. The number of hydrogen-bond donors (Lipinski definition) is 2. The van der Waals surface area contributed by atoms with Crippen molar-refractivity contribution in [2.75, 3.05) is 0 Å². The second-order valence-electron chi connectivity index (χ2n) is 4.51. The number of halogens is 3. The lowest BCUT2D eigenvalue weighted by Crippen LogP contribution is -2.30. The first-order valence-corrected chi connectivity index (χ1v) is 6.79. The number of hydrazine groups is 1. The molecule has 1 heterocycles. The Balaban J connectivity index is 2.31. The highest BCUT2D eigenvalue weighted by Crippen LogP contribution is 2.26. The van der Waals surface area contributed by atoms with E-state index in [1.165, 1.54) is 18.3 Å². The van der Waals surface area contributed by atoms with Gasteiger partial charge in [-0.15, -0.1) is 0 Å². The molecule has 2 rings (SSSR count). The summed E-state index contributed by atoms with van der Waals surface area (Å²) in [6.45, 7) is 1.92. The fraction of sp³-hybridized carbons (Fsp3) is 0.214. The van der Waals surface area contributed by atoms with Crippen LogP contribution in [-0.2, 0) is 6.42 Å². The van der Waals surface area contributed by atoms with E-state index in [9.17, 15) is 4.39 Å². The van der Waals surface area contributed by atoms with E-state index in [-0.39, 0.29) is 11.9 Å². The monoisotopic (exact) mass is 313 g/mol. The van der Waals surface area contributed by atoms with Gasteiger partial charge < -0.3 is 0 Å². The summed E-state index contributed by atoms with van der Waals surface area (Å²) < 4.78 is 13.3. The van der Waals surface area contributed by atoms with Crippen LogP contribution in [0.15, 0.2) is 30.5 Å². The van der Waals surface area contributed by atoms with Crippen molar-refractivity contribution in [1.82, 2.24) is 10.4 Å². The Kier molecular flexibility index (Phi) is 4.94. The van der Waals surface area contributed by atoms with E-state index in [1.807, 2.05) is 6.92 Å². The molecule has 106 valence electrons. The van der Waals surface area contributed by atoms with Gasteiger partial charge in [0.05, 0.1) is 21.8 Å². The van der Waals surface area contributed by atoms with Crippen molar-refractivity contribution >= 4 is 23.2 Å². The summed E-state index contributed by atoms with van der Waals surface area (Å²) >= 11 is 11.9. The number of nitrogens with zero attached hydrogens (tertiary/aromatic N) is 1. The van der Waals surface area contributed by atoms with Gasteiger partial charge in [0.15, 0.2) is 0 Å². The number of rotatable bonds is 4. The molecule has 20 heavy (non-hydrogen) atoms. The molecule has 6 heteroatoms. The Bertz CT molecular complexity index is 619. The Morgan fingerprint density at radius 2 is 2.10 bits per heavy atom. The first kappa shape index (κ1) is 15.2. The van der Waals surface area contributed by atoms with Crippen LogP contribution in [0.4, 0.5) is 4.39 Å². The lowest BCUT2D eigenvalue weighted by atomic mass is 9.99. The van der Waals surface area contributed by atoms with Gasteiger partial charge in [0.1, 0.15) is 5.82 Å². The van der Waals surface area contributed by atoms with Crippen LogP contribution in [0.25, 0.3) is 0 Å². The van der Waals surface area contributed by atoms with Crippen LogP contribution in [-0.4, -0.2) is 4.98 Å². The number of hydrogen-bond acceptors (Lipinski definition) is 3. The fourth-order valence-electron chi connectivity index (χ4n) is 2.00. The second kappa shape index (κ2) is 6.50. The third-order valence-electron chi connectivity index (χ3n) is 3.10. The zero-order valence-corrected chi connectivity index (χ0v) is 12.3. The topological polar surface area (TPSA) is 50.9 Å². The van der Waals surface area contributed by atoms with Crippen LogP contribution in [0, 0.1) is 12.7 Å². The summed E-state index contributed by atoms with van der Waals surface area (Å²) in [6, 6.07) is 5.93. The van der Waals surface area contributed by atoms with Gasteiger partial charge in [0, 0.05) is 6.20 Å². The van der Waals surface area contributed by atoms with Crippen LogP contribution in [0.5, 0.6) is 0 Å². The van der Waals surface area contributed by atoms with Gasteiger partial charge in [-0.05, 0) is 42.7 Å². The van der Waals surface area contributed by atoms with Crippen molar-refractivity contribution in [2.24, 2.45) is 5.84 Å². The average molecular weight is 314 g/mol. The van der Waals surface area contributed by atoms with Crippen LogP contribution < -0.4 is 11.3 Å². The molecule has 0 aliphatic rings. The van der Waals surface area contributed by atoms with Gasteiger partial charge in [-0.1, -0.05) is 29.3 Å². The smallest absolute Gasteiger partial charge is 0.123 e. The summed E-state index contributed by atoms with van der Waals surface area (Å²) in [6.07, 6.45) is 1.99. The minimum absolute atomic E-state index is 0.281. The van der Waals surface area contributed by atoms with Crippen LogP contribution >= 0.6 is 23.2 Å². The van der Waals surface area contributed by atoms with E-state index in [4.69, 9.17) is 29.0 Å². The largest absolute Gasteiger partial charge is 0.271 e. The van der Waals surface area contributed by atoms with Crippen molar-refractivity contribution in [3.05, 3.63) is 63.1 Å². The molecule has 2 aromatic rings. The summed E-state index contributed by atoms with van der Waals surface area (Å²) in [5, 5.41) is 0.881. The first-order chi connectivity index (χ1) is 9.51. The molecule has 0 aliphatic carbocycles. The van der Waals surface area contributed by atoms with Crippen molar-refractivity contribution < 1.29 is 4.39 Å². The number of pyridine rings is 1. The van der Waals surface area contributed by atoms with E-state index in [0.29, 0.717) is 22.2 Å². The van der Waals surface area contributed by atoms with E-state index in [0.717, 1.165) is 11.1 Å². The summed E-state index contributed by atoms with van der Waals surface area (Å²) in [4.78, 5) is 4.20. The Labute approximate surface area is 126 Å². The average Bonchev–Trinajstić information content (AvgIpc) is 2.40. The standard InChI is InChI=1S/C14H14Cl2FN3/c1-8-2-3-11(17)4-9(8)5-13(20-18)14-12(16)6-10(15)7-19-14/h2-4,6-7,13,20H,5,18H2,1H3. The predicted molar refractivity (Wildman–Crippen MR) is 79.2 cm³/mol. The predicted octanol–water partition coefficient (Wildman–Crippen LogP) is 3.58.